The zero-order chi connectivity index (χ0) is 18.1. The van der Waals surface area contributed by atoms with Gasteiger partial charge in [0.1, 0.15) is 6.26 Å². The molecule has 0 radical (unpaired) electrons. The number of benzene rings is 1. The predicted octanol–water partition coefficient (Wildman–Crippen LogP) is 2.64. The van der Waals surface area contributed by atoms with Crippen molar-refractivity contribution in [1.82, 2.24) is 10.2 Å². The van der Waals surface area contributed by atoms with Crippen LogP contribution < -0.4 is 5.32 Å². The average Bonchev–Trinajstić information content (AvgIpc) is 3.16. The number of methoxy groups -OCH3 is 1. The topological polar surface area (TPSA) is 71.8 Å². The van der Waals surface area contributed by atoms with Crippen LogP contribution in [0.4, 0.5) is 0 Å². The van der Waals surface area contributed by atoms with Crippen LogP contribution in [0, 0.1) is 0 Å². The van der Waals surface area contributed by atoms with Gasteiger partial charge in [0.15, 0.2) is 0 Å². The molecule has 134 valence electrons. The van der Waals surface area contributed by atoms with E-state index in [1.165, 1.54) is 12.5 Å². The molecule has 2 amide bonds. The Morgan fingerprint density at radius 3 is 2.60 bits per heavy atom. The molecule has 0 aliphatic rings. The Bertz CT molecular complexity index is 655. The normalized spacial score (nSPS) is 11.8. The molecule has 1 N–H and O–H groups in total. The van der Waals surface area contributed by atoms with Crippen molar-refractivity contribution in [3.8, 4) is 0 Å². The van der Waals surface area contributed by atoms with E-state index in [2.05, 4.69) is 5.32 Å². The molecule has 6 heteroatoms. The molecular weight excluding hydrogens is 320 g/mol. The molecule has 1 aromatic carbocycles. The molecule has 0 bridgehead atoms. The van der Waals surface area contributed by atoms with Gasteiger partial charge in [-0.05, 0) is 18.6 Å². The van der Waals surface area contributed by atoms with Crippen LogP contribution in [-0.2, 0) is 9.53 Å². The summed E-state index contributed by atoms with van der Waals surface area (Å²) in [4.78, 5) is 26.3. The summed E-state index contributed by atoms with van der Waals surface area (Å²) in [5.74, 6) is -0.270. The third-order valence-corrected chi connectivity index (χ3v) is 3.91. The van der Waals surface area contributed by atoms with E-state index < -0.39 is 0 Å². The summed E-state index contributed by atoms with van der Waals surface area (Å²) in [6.45, 7) is 3.08. The van der Waals surface area contributed by atoms with Gasteiger partial charge in [0, 0.05) is 26.6 Å². The Morgan fingerprint density at radius 2 is 1.96 bits per heavy atom. The Balaban J connectivity index is 1.88. The third kappa shape index (κ3) is 5.76. The number of furan rings is 1. The largest absolute Gasteiger partial charge is 0.472 e. The number of ether oxygens (including phenoxy) is 1. The van der Waals surface area contributed by atoms with E-state index >= 15 is 0 Å². The molecule has 1 aromatic heterocycles. The van der Waals surface area contributed by atoms with E-state index in [0.29, 0.717) is 25.3 Å². The summed E-state index contributed by atoms with van der Waals surface area (Å²) in [6.07, 6.45) is 3.08. The molecule has 0 saturated carbocycles. The van der Waals surface area contributed by atoms with E-state index in [4.69, 9.17) is 9.15 Å². The lowest BCUT2D eigenvalue weighted by Gasteiger charge is -2.22. The zero-order valence-corrected chi connectivity index (χ0v) is 14.6. The molecule has 1 unspecified atom stereocenters. The lowest BCUT2D eigenvalue weighted by atomic mass is 10.1. The van der Waals surface area contributed by atoms with E-state index in [1.54, 1.807) is 18.1 Å². The minimum Gasteiger partial charge on any atom is -0.472 e. The van der Waals surface area contributed by atoms with Gasteiger partial charge < -0.3 is 19.4 Å². The molecule has 6 nitrogen and oxygen atoms in total. The van der Waals surface area contributed by atoms with Crippen LogP contribution in [0.1, 0.15) is 35.3 Å². The Hall–Kier alpha value is -2.60. The highest BCUT2D eigenvalue weighted by Crippen LogP contribution is 2.11. The number of hydrogen-bond donors (Lipinski definition) is 1. The van der Waals surface area contributed by atoms with Crippen LogP contribution in [-0.4, -0.2) is 43.5 Å². The Kier molecular flexibility index (Phi) is 7.22. The van der Waals surface area contributed by atoms with E-state index in [-0.39, 0.29) is 24.3 Å². The van der Waals surface area contributed by atoms with Crippen LogP contribution in [0.2, 0.25) is 0 Å². The second kappa shape index (κ2) is 9.64. The van der Waals surface area contributed by atoms with Gasteiger partial charge in [-0.2, -0.15) is 0 Å². The average molecular weight is 344 g/mol. The van der Waals surface area contributed by atoms with Gasteiger partial charge in [-0.1, -0.05) is 30.3 Å². The van der Waals surface area contributed by atoms with Gasteiger partial charge in [-0.3, -0.25) is 9.59 Å². The number of rotatable bonds is 9. The SMILES string of the molecule is COCCN(CCC(=O)NC(C)c1ccccc1)C(=O)c1ccoc1. The molecule has 0 aliphatic carbocycles. The summed E-state index contributed by atoms with van der Waals surface area (Å²) in [5.41, 5.74) is 1.51. The molecule has 0 fully saturated rings. The fourth-order valence-corrected chi connectivity index (χ4v) is 2.46. The van der Waals surface area contributed by atoms with Gasteiger partial charge in [0.25, 0.3) is 5.91 Å². The van der Waals surface area contributed by atoms with Gasteiger partial charge in [-0.25, -0.2) is 0 Å². The summed E-state index contributed by atoms with van der Waals surface area (Å²) in [6, 6.07) is 11.3. The maximum absolute atomic E-state index is 12.4. The monoisotopic (exact) mass is 344 g/mol. The molecule has 0 saturated heterocycles. The Morgan fingerprint density at radius 1 is 1.20 bits per heavy atom. The molecular formula is C19H24N2O4. The highest BCUT2D eigenvalue weighted by atomic mass is 16.5. The van der Waals surface area contributed by atoms with Crippen LogP contribution in [0.15, 0.2) is 53.3 Å². The first-order chi connectivity index (χ1) is 12.1. The van der Waals surface area contributed by atoms with Crippen LogP contribution in [0.3, 0.4) is 0 Å². The highest BCUT2D eigenvalue weighted by Gasteiger charge is 2.18. The first-order valence-electron chi connectivity index (χ1n) is 8.26. The molecule has 0 aliphatic heterocycles. The van der Waals surface area contributed by atoms with Crippen molar-refractivity contribution in [3.05, 3.63) is 60.1 Å². The number of carbonyl (C=O) groups excluding carboxylic acids is 2. The van der Waals surface area contributed by atoms with Crippen molar-refractivity contribution in [2.75, 3.05) is 26.8 Å². The molecule has 1 heterocycles. The molecule has 25 heavy (non-hydrogen) atoms. The van der Waals surface area contributed by atoms with Gasteiger partial charge in [0.2, 0.25) is 5.91 Å². The first-order valence-corrected chi connectivity index (χ1v) is 8.26. The number of amides is 2. The molecule has 1 atom stereocenters. The maximum Gasteiger partial charge on any atom is 0.257 e. The molecule has 2 rings (SSSR count). The minimum atomic E-state index is -0.172. The number of hydrogen-bond acceptors (Lipinski definition) is 4. The molecule has 2 aromatic rings. The summed E-state index contributed by atoms with van der Waals surface area (Å²) < 4.78 is 10.0. The lowest BCUT2D eigenvalue weighted by molar-refractivity contribution is -0.121. The van der Waals surface area contributed by atoms with Crippen molar-refractivity contribution in [2.24, 2.45) is 0 Å². The van der Waals surface area contributed by atoms with Crippen molar-refractivity contribution in [2.45, 2.75) is 19.4 Å². The maximum atomic E-state index is 12.4. The minimum absolute atomic E-state index is 0.0781. The lowest BCUT2D eigenvalue weighted by Crippen LogP contribution is -2.37. The quantitative estimate of drug-likeness (QED) is 0.759. The number of nitrogens with one attached hydrogen (secondary N) is 1. The summed E-state index contributed by atoms with van der Waals surface area (Å²) >= 11 is 0. The highest BCUT2D eigenvalue weighted by molar-refractivity contribution is 5.94. The van der Waals surface area contributed by atoms with Gasteiger partial charge >= 0.3 is 0 Å². The van der Waals surface area contributed by atoms with Crippen LogP contribution in [0.25, 0.3) is 0 Å². The fraction of sp³-hybridized carbons (Fsp3) is 0.368. The van der Waals surface area contributed by atoms with Crippen molar-refractivity contribution in [3.63, 3.8) is 0 Å². The van der Waals surface area contributed by atoms with E-state index in [0.717, 1.165) is 5.56 Å². The second-order valence-electron chi connectivity index (χ2n) is 5.75. The first kappa shape index (κ1) is 18.7. The Labute approximate surface area is 147 Å². The third-order valence-electron chi connectivity index (χ3n) is 3.91. The fourth-order valence-electron chi connectivity index (χ4n) is 2.46. The standard InChI is InChI=1S/C19H24N2O4/c1-15(16-6-4-3-5-7-16)20-18(22)8-10-21(11-13-24-2)19(23)17-9-12-25-14-17/h3-7,9,12,14-15H,8,10-11,13H2,1-2H3,(H,20,22). The smallest absolute Gasteiger partial charge is 0.257 e. The summed E-state index contributed by atoms with van der Waals surface area (Å²) in [7, 11) is 1.58. The van der Waals surface area contributed by atoms with Gasteiger partial charge in [0.05, 0.1) is 24.5 Å². The predicted molar refractivity (Wildman–Crippen MR) is 94.1 cm³/mol. The van der Waals surface area contributed by atoms with E-state index in [1.807, 2.05) is 37.3 Å². The van der Waals surface area contributed by atoms with Gasteiger partial charge in [-0.15, -0.1) is 0 Å². The molecule has 0 spiro atoms. The van der Waals surface area contributed by atoms with Crippen molar-refractivity contribution < 1.29 is 18.7 Å². The second-order valence-corrected chi connectivity index (χ2v) is 5.75. The van der Waals surface area contributed by atoms with E-state index in [9.17, 15) is 9.59 Å². The van der Waals surface area contributed by atoms with Crippen LogP contribution in [0.5, 0.6) is 0 Å². The van der Waals surface area contributed by atoms with Crippen molar-refractivity contribution in [1.29, 1.82) is 0 Å². The van der Waals surface area contributed by atoms with Crippen LogP contribution >= 0.6 is 0 Å². The summed E-state index contributed by atoms with van der Waals surface area (Å²) in [5, 5.41) is 2.95. The van der Waals surface area contributed by atoms with Crippen molar-refractivity contribution >= 4 is 11.8 Å². The number of nitrogens with zero attached hydrogens (tertiary/aromatic N) is 1. The zero-order valence-electron chi connectivity index (χ0n) is 14.6. The number of carbonyl (C=O) groups is 2.